The van der Waals surface area contributed by atoms with Crippen LogP contribution in [0.3, 0.4) is 0 Å². The van der Waals surface area contributed by atoms with Crippen molar-refractivity contribution in [3.63, 3.8) is 0 Å². The zero-order valence-corrected chi connectivity index (χ0v) is 9.86. The van der Waals surface area contributed by atoms with Crippen LogP contribution in [-0.4, -0.2) is 11.8 Å². The number of nitrogens with one attached hydrogen (secondary N) is 1. The SMILES string of the molecule is CC/C(C)=C1\C(=O)NN(c2ccccc2)C1=O. The van der Waals surface area contributed by atoms with E-state index in [1.165, 1.54) is 5.01 Å². The molecule has 0 unspecified atom stereocenters. The Balaban J connectivity index is 2.38. The molecule has 2 rings (SSSR count). The van der Waals surface area contributed by atoms with Crippen molar-refractivity contribution in [1.29, 1.82) is 0 Å². The zero-order valence-electron chi connectivity index (χ0n) is 9.86. The largest absolute Gasteiger partial charge is 0.282 e. The zero-order chi connectivity index (χ0) is 12.4. The highest BCUT2D eigenvalue weighted by Crippen LogP contribution is 2.22. The van der Waals surface area contributed by atoms with E-state index in [1.807, 2.05) is 25.1 Å². The second kappa shape index (κ2) is 4.41. The van der Waals surface area contributed by atoms with Gasteiger partial charge in [-0.3, -0.25) is 15.0 Å². The van der Waals surface area contributed by atoms with Crippen molar-refractivity contribution in [3.05, 3.63) is 41.5 Å². The summed E-state index contributed by atoms with van der Waals surface area (Å²) >= 11 is 0. The molecule has 0 aromatic heterocycles. The number of hydrogen-bond donors (Lipinski definition) is 1. The van der Waals surface area contributed by atoms with Gasteiger partial charge in [-0.2, -0.15) is 0 Å². The van der Waals surface area contributed by atoms with Crippen LogP contribution in [-0.2, 0) is 9.59 Å². The van der Waals surface area contributed by atoms with Crippen LogP contribution >= 0.6 is 0 Å². The molecule has 1 aliphatic rings. The van der Waals surface area contributed by atoms with Crippen LogP contribution in [0.1, 0.15) is 20.3 Å². The number of hydrazine groups is 1. The highest BCUT2D eigenvalue weighted by molar-refractivity contribution is 6.29. The Labute approximate surface area is 99.9 Å². The van der Waals surface area contributed by atoms with Crippen LogP contribution in [0.15, 0.2) is 41.5 Å². The average molecular weight is 230 g/mol. The van der Waals surface area contributed by atoms with Crippen molar-refractivity contribution in [2.75, 3.05) is 5.01 Å². The fourth-order valence-electron chi connectivity index (χ4n) is 1.73. The van der Waals surface area contributed by atoms with Crippen LogP contribution in [0.25, 0.3) is 0 Å². The highest BCUT2D eigenvalue weighted by atomic mass is 16.2. The second-order valence-electron chi connectivity index (χ2n) is 3.93. The first-order chi connectivity index (χ1) is 8.15. The first-order valence-electron chi connectivity index (χ1n) is 5.55. The number of rotatable bonds is 2. The van der Waals surface area contributed by atoms with Crippen molar-refractivity contribution in [2.24, 2.45) is 0 Å². The molecule has 4 heteroatoms. The third-order valence-electron chi connectivity index (χ3n) is 2.83. The van der Waals surface area contributed by atoms with Gasteiger partial charge in [0.05, 0.1) is 5.69 Å². The lowest BCUT2D eigenvalue weighted by molar-refractivity contribution is -0.117. The summed E-state index contributed by atoms with van der Waals surface area (Å²) < 4.78 is 0. The lowest BCUT2D eigenvalue weighted by Crippen LogP contribution is -2.35. The third-order valence-corrected chi connectivity index (χ3v) is 2.83. The number of benzene rings is 1. The molecule has 88 valence electrons. The predicted octanol–water partition coefficient (Wildman–Crippen LogP) is 1.79. The summed E-state index contributed by atoms with van der Waals surface area (Å²) in [6.45, 7) is 3.73. The fourth-order valence-corrected chi connectivity index (χ4v) is 1.73. The minimum absolute atomic E-state index is 0.261. The van der Waals surface area contributed by atoms with Gasteiger partial charge in [0, 0.05) is 0 Å². The number of amides is 2. The summed E-state index contributed by atoms with van der Waals surface area (Å²) in [7, 11) is 0. The third kappa shape index (κ3) is 1.93. The molecule has 1 aliphatic heterocycles. The van der Waals surface area contributed by atoms with Gasteiger partial charge in [-0.05, 0) is 25.5 Å². The molecule has 1 N–H and O–H groups in total. The molecule has 0 spiro atoms. The Bertz CT molecular complexity index is 491. The quantitative estimate of drug-likeness (QED) is 0.622. The molecule has 0 saturated carbocycles. The average Bonchev–Trinajstić information content (AvgIpc) is 2.65. The number of anilines is 1. The summed E-state index contributed by atoms with van der Waals surface area (Å²) in [5.41, 5.74) is 4.31. The van der Waals surface area contributed by atoms with E-state index in [0.717, 1.165) is 5.57 Å². The molecule has 0 bridgehead atoms. The molecule has 1 aromatic carbocycles. The number of para-hydroxylation sites is 1. The minimum Gasteiger partial charge on any atom is -0.267 e. The first-order valence-corrected chi connectivity index (χ1v) is 5.55. The fraction of sp³-hybridized carbons (Fsp3) is 0.231. The Kier molecular flexibility index (Phi) is 2.95. The van der Waals surface area contributed by atoms with E-state index >= 15 is 0 Å². The molecule has 0 radical (unpaired) electrons. The minimum atomic E-state index is -0.321. The maximum absolute atomic E-state index is 12.1. The normalized spacial score (nSPS) is 18.4. The van der Waals surface area contributed by atoms with Gasteiger partial charge in [0.2, 0.25) is 0 Å². The van der Waals surface area contributed by atoms with E-state index in [2.05, 4.69) is 5.43 Å². The molecule has 1 saturated heterocycles. The molecular formula is C13H14N2O2. The number of carbonyl (C=O) groups is 2. The Morgan fingerprint density at radius 2 is 1.88 bits per heavy atom. The molecule has 4 nitrogen and oxygen atoms in total. The van der Waals surface area contributed by atoms with E-state index in [9.17, 15) is 9.59 Å². The van der Waals surface area contributed by atoms with Gasteiger partial charge in [0.1, 0.15) is 5.57 Å². The monoisotopic (exact) mass is 230 g/mol. The number of allylic oxidation sites excluding steroid dienone is 1. The van der Waals surface area contributed by atoms with Crippen LogP contribution in [0.2, 0.25) is 0 Å². The molecule has 1 fully saturated rings. The van der Waals surface area contributed by atoms with Gasteiger partial charge < -0.3 is 0 Å². The lowest BCUT2D eigenvalue weighted by atomic mass is 10.1. The summed E-state index contributed by atoms with van der Waals surface area (Å²) in [5.74, 6) is -0.598. The molecule has 1 aromatic rings. The summed E-state index contributed by atoms with van der Waals surface area (Å²) in [6.07, 6.45) is 0.692. The molecule has 17 heavy (non-hydrogen) atoms. The van der Waals surface area contributed by atoms with Crippen LogP contribution < -0.4 is 10.4 Å². The Hall–Kier alpha value is -2.10. The Morgan fingerprint density at radius 1 is 1.24 bits per heavy atom. The van der Waals surface area contributed by atoms with Crippen molar-refractivity contribution in [3.8, 4) is 0 Å². The second-order valence-corrected chi connectivity index (χ2v) is 3.93. The maximum Gasteiger partial charge on any atom is 0.282 e. The number of nitrogens with zero attached hydrogens (tertiary/aromatic N) is 1. The first kappa shape index (κ1) is 11.4. The van der Waals surface area contributed by atoms with Gasteiger partial charge in [-0.1, -0.05) is 30.7 Å². The van der Waals surface area contributed by atoms with Gasteiger partial charge in [-0.15, -0.1) is 0 Å². The maximum atomic E-state index is 12.1. The summed E-state index contributed by atoms with van der Waals surface area (Å²) in [6, 6.07) is 9.07. The van der Waals surface area contributed by atoms with Crippen LogP contribution in [0.5, 0.6) is 0 Å². The topological polar surface area (TPSA) is 49.4 Å². The van der Waals surface area contributed by atoms with E-state index in [0.29, 0.717) is 12.1 Å². The van der Waals surface area contributed by atoms with Crippen LogP contribution in [0, 0.1) is 0 Å². The standard InChI is InChI=1S/C13H14N2O2/c1-3-9(2)11-12(16)14-15(13(11)17)10-7-5-4-6-8-10/h4-8H,3H2,1-2H3,(H,14,16)/b11-9+. The van der Waals surface area contributed by atoms with Crippen molar-refractivity contribution in [2.45, 2.75) is 20.3 Å². The van der Waals surface area contributed by atoms with Crippen molar-refractivity contribution >= 4 is 17.5 Å². The van der Waals surface area contributed by atoms with E-state index in [1.54, 1.807) is 19.1 Å². The highest BCUT2D eigenvalue weighted by Gasteiger charge is 2.35. The van der Waals surface area contributed by atoms with Crippen LogP contribution in [0.4, 0.5) is 5.69 Å². The number of hydrogen-bond acceptors (Lipinski definition) is 2. The molecule has 2 amide bonds. The van der Waals surface area contributed by atoms with E-state index in [-0.39, 0.29) is 17.4 Å². The Morgan fingerprint density at radius 3 is 2.47 bits per heavy atom. The molecule has 1 heterocycles. The molecule has 0 aliphatic carbocycles. The summed E-state index contributed by atoms with van der Waals surface area (Å²) in [5, 5.41) is 1.29. The molecular weight excluding hydrogens is 216 g/mol. The number of carbonyl (C=O) groups excluding carboxylic acids is 2. The van der Waals surface area contributed by atoms with Gasteiger partial charge in [0.15, 0.2) is 0 Å². The smallest absolute Gasteiger partial charge is 0.267 e. The van der Waals surface area contributed by atoms with Crippen molar-refractivity contribution in [1.82, 2.24) is 5.43 Å². The summed E-state index contributed by atoms with van der Waals surface area (Å²) in [4.78, 5) is 23.8. The lowest BCUT2D eigenvalue weighted by Gasteiger charge is -2.14. The van der Waals surface area contributed by atoms with Gasteiger partial charge in [0.25, 0.3) is 11.8 Å². The van der Waals surface area contributed by atoms with E-state index < -0.39 is 0 Å². The molecule has 0 atom stereocenters. The van der Waals surface area contributed by atoms with Gasteiger partial charge in [-0.25, -0.2) is 5.01 Å². The van der Waals surface area contributed by atoms with Gasteiger partial charge >= 0.3 is 0 Å². The predicted molar refractivity (Wildman–Crippen MR) is 65.1 cm³/mol. The van der Waals surface area contributed by atoms with Crippen molar-refractivity contribution < 1.29 is 9.59 Å². The van der Waals surface area contributed by atoms with E-state index in [4.69, 9.17) is 0 Å².